The van der Waals surface area contributed by atoms with E-state index in [1.54, 1.807) is 13.0 Å². The summed E-state index contributed by atoms with van der Waals surface area (Å²) in [5.74, 6) is 0.655. The molecule has 3 N–H and O–H groups in total. The molecule has 0 saturated heterocycles. The number of nitrogens with zero attached hydrogens (tertiary/aromatic N) is 1. The lowest BCUT2D eigenvalue weighted by Gasteiger charge is -2.16. The van der Waals surface area contributed by atoms with Crippen molar-refractivity contribution in [1.82, 2.24) is 5.16 Å². The number of hydrogen-bond donors (Lipinski definition) is 3. The first-order valence-corrected chi connectivity index (χ1v) is 8.37. The SMILES string of the molecule is CC[NH+](CC(=O)Nc1ccc(Br)cc1)CC(=O)Nc1cc(C)on1. The zero-order chi connectivity index (χ0) is 17.5. The Hall–Kier alpha value is -2.19. The third-order valence-electron chi connectivity index (χ3n) is 3.34. The third-order valence-corrected chi connectivity index (χ3v) is 3.87. The molecule has 1 atom stereocenters. The number of carbonyl (C=O) groups excluding carboxylic acids is 2. The van der Waals surface area contributed by atoms with E-state index in [1.807, 2.05) is 31.2 Å². The summed E-state index contributed by atoms with van der Waals surface area (Å²) in [7, 11) is 0. The number of benzene rings is 1. The number of anilines is 2. The highest BCUT2D eigenvalue weighted by Gasteiger charge is 2.17. The average Bonchev–Trinajstić information content (AvgIpc) is 2.93. The fraction of sp³-hybridized carbons (Fsp3) is 0.312. The van der Waals surface area contributed by atoms with Crippen LogP contribution in [0.5, 0.6) is 0 Å². The molecule has 1 aromatic heterocycles. The molecule has 8 heteroatoms. The van der Waals surface area contributed by atoms with Crippen LogP contribution in [0, 0.1) is 6.92 Å². The van der Waals surface area contributed by atoms with E-state index in [9.17, 15) is 9.59 Å². The Morgan fingerprint density at radius 1 is 1.17 bits per heavy atom. The van der Waals surface area contributed by atoms with Gasteiger partial charge in [0.15, 0.2) is 18.9 Å². The third kappa shape index (κ3) is 5.78. The lowest BCUT2D eigenvalue weighted by molar-refractivity contribution is -0.881. The second-order valence-electron chi connectivity index (χ2n) is 5.38. The van der Waals surface area contributed by atoms with E-state index in [0.717, 1.165) is 15.1 Å². The standard InChI is InChI=1S/C16H19BrN4O3/c1-3-21(10-16(23)19-14-8-11(2)24-20-14)9-15(22)18-13-6-4-12(17)5-7-13/h4-8H,3,9-10H2,1-2H3,(H,18,22)(H,19,20,23)/p+1. The van der Waals surface area contributed by atoms with E-state index in [0.29, 0.717) is 18.1 Å². The Labute approximate surface area is 148 Å². The Balaban J connectivity index is 1.83. The van der Waals surface area contributed by atoms with Crippen molar-refractivity contribution in [3.8, 4) is 0 Å². The number of nitrogens with one attached hydrogen (secondary N) is 3. The molecule has 7 nitrogen and oxygen atoms in total. The van der Waals surface area contributed by atoms with Crippen LogP contribution >= 0.6 is 15.9 Å². The van der Waals surface area contributed by atoms with Gasteiger partial charge in [0, 0.05) is 16.2 Å². The van der Waals surface area contributed by atoms with Gasteiger partial charge in [-0.15, -0.1) is 0 Å². The van der Waals surface area contributed by atoms with Crippen LogP contribution in [-0.4, -0.2) is 36.6 Å². The molecule has 24 heavy (non-hydrogen) atoms. The summed E-state index contributed by atoms with van der Waals surface area (Å²) in [5.41, 5.74) is 0.723. The molecule has 2 rings (SSSR count). The van der Waals surface area contributed by atoms with Crippen molar-refractivity contribution >= 4 is 39.2 Å². The van der Waals surface area contributed by atoms with Crippen LogP contribution in [0.4, 0.5) is 11.5 Å². The molecule has 0 bridgehead atoms. The summed E-state index contributed by atoms with van der Waals surface area (Å²) in [6.07, 6.45) is 0. The molecule has 0 aliphatic rings. The van der Waals surface area contributed by atoms with Gasteiger partial charge in [-0.05, 0) is 38.1 Å². The summed E-state index contributed by atoms with van der Waals surface area (Å²) in [4.78, 5) is 25.0. The first-order chi connectivity index (χ1) is 11.5. The molecule has 1 unspecified atom stereocenters. The molecule has 0 aliphatic carbocycles. The summed E-state index contributed by atoms with van der Waals surface area (Å²) in [6, 6.07) is 8.98. The van der Waals surface area contributed by atoms with Gasteiger partial charge in [-0.25, -0.2) is 0 Å². The lowest BCUT2D eigenvalue weighted by atomic mass is 10.3. The highest BCUT2D eigenvalue weighted by atomic mass is 79.9. The number of aromatic nitrogens is 1. The molecule has 1 heterocycles. The van der Waals surface area contributed by atoms with Gasteiger partial charge in [0.05, 0.1) is 6.54 Å². The van der Waals surface area contributed by atoms with Crippen LogP contribution < -0.4 is 15.5 Å². The van der Waals surface area contributed by atoms with E-state index in [1.165, 1.54) is 0 Å². The van der Waals surface area contributed by atoms with E-state index >= 15 is 0 Å². The molecule has 2 aromatic rings. The topological polar surface area (TPSA) is 88.7 Å². The van der Waals surface area contributed by atoms with Crippen LogP contribution in [0.3, 0.4) is 0 Å². The maximum Gasteiger partial charge on any atom is 0.280 e. The maximum absolute atomic E-state index is 12.1. The van der Waals surface area contributed by atoms with Crippen molar-refractivity contribution in [2.24, 2.45) is 0 Å². The van der Waals surface area contributed by atoms with E-state index in [-0.39, 0.29) is 24.9 Å². The van der Waals surface area contributed by atoms with Crippen molar-refractivity contribution in [2.45, 2.75) is 13.8 Å². The van der Waals surface area contributed by atoms with Gasteiger partial charge in [-0.3, -0.25) is 9.59 Å². The van der Waals surface area contributed by atoms with Crippen LogP contribution in [0.2, 0.25) is 0 Å². The minimum Gasteiger partial charge on any atom is -0.360 e. The lowest BCUT2D eigenvalue weighted by Crippen LogP contribution is -3.13. The minimum atomic E-state index is -0.211. The predicted molar refractivity (Wildman–Crippen MR) is 93.9 cm³/mol. The largest absolute Gasteiger partial charge is 0.360 e. The molecule has 0 radical (unpaired) electrons. The van der Waals surface area contributed by atoms with Gasteiger partial charge >= 0.3 is 0 Å². The van der Waals surface area contributed by atoms with Crippen LogP contribution in [0.1, 0.15) is 12.7 Å². The Bertz CT molecular complexity index is 700. The van der Waals surface area contributed by atoms with Crippen LogP contribution in [0.25, 0.3) is 0 Å². The quantitative estimate of drug-likeness (QED) is 0.657. The van der Waals surface area contributed by atoms with Crippen molar-refractivity contribution < 1.29 is 19.0 Å². The Morgan fingerprint density at radius 2 is 1.79 bits per heavy atom. The molecule has 1 aromatic carbocycles. The van der Waals surface area contributed by atoms with Crippen LogP contribution in [-0.2, 0) is 9.59 Å². The summed E-state index contributed by atoms with van der Waals surface area (Å²) in [6.45, 7) is 4.71. The molecule has 0 fully saturated rings. The van der Waals surface area contributed by atoms with Gasteiger partial charge in [-0.2, -0.15) is 0 Å². The van der Waals surface area contributed by atoms with Gasteiger partial charge in [0.2, 0.25) is 0 Å². The zero-order valence-corrected chi connectivity index (χ0v) is 15.1. The number of amides is 2. The second kappa shape index (κ2) is 8.60. The molecular formula is C16H20BrN4O3+. The number of likely N-dealkylation sites (N-methyl/N-ethyl adjacent to an activating group) is 1. The fourth-order valence-corrected chi connectivity index (χ4v) is 2.38. The van der Waals surface area contributed by atoms with Crippen molar-refractivity contribution in [3.63, 3.8) is 0 Å². The number of halogens is 1. The van der Waals surface area contributed by atoms with E-state index in [4.69, 9.17) is 4.52 Å². The monoisotopic (exact) mass is 395 g/mol. The van der Waals surface area contributed by atoms with E-state index < -0.39 is 0 Å². The van der Waals surface area contributed by atoms with Crippen molar-refractivity contribution in [1.29, 1.82) is 0 Å². The van der Waals surface area contributed by atoms with Gasteiger partial charge in [0.1, 0.15) is 5.76 Å². The van der Waals surface area contributed by atoms with Gasteiger partial charge in [0.25, 0.3) is 11.8 Å². The molecule has 0 spiro atoms. The normalized spacial score (nSPS) is 11.8. The van der Waals surface area contributed by atoms with Gasteiger partial charge in [-0.1, -0.05) is 21.1 Å². The van der Waals surface area contributed by atoms with Crippen molar-refractivity contribution in [3.05, 3.63) is 40.6 Å². The number of aryl methyl sites for hydroxylation is 1. The molecule has 0 saturated carbocycles. The number of quaternary nitrogens is 1. The molecule has 128 valence electrons. The second-order valence-corrected chi connectivity index (χ2v) is 6.30. The molecule has 0 aliphatic heterocycles. The molecule has 2 amide bonds. The molecular weight excluding hydrogens is 376 g/mol. The summed E-state index contributed by atoms with van der Waals surface area (Å²) < 4.78 is 5.84. The average molecular weight is 396 g/mol. The fourth-order valence-electron chi connectivity index (χ4n) is 2.12. The number of carbonyl (C=O) groups is 2. The zero-order valence-electron chi connectivity index (χ0n) is 13.6. The first-order valence-electron chi connectivity index (χ1n) is 7.58. The first kappa shape index (κ1) is 18.2. The smallest absolute Gasteiger partial charge is 0.280 e. The Morgan fingerprint density at radius 3 is 2.33 bits per heavy atom. The van der Waals surface area contributed by atoms with Crippen molar-refractivity contribution in [2.75, 3.05) is 30.3 Å². The number of hydrogen-bond acceptors (Lipinski definition) is 4. The summed E-state index contributed by atoms with van der Waals surface area (Å²) in [5, 5.41) is 9.19. The summed E-state index contributed by atoms with van der Waals surface area (Å²) >= 11 is 3.35. The maximum atomic E-state index is 12.1. The number of rotatable bonds is 7. The minimum absolute atomic E-state index is 0.140. The Kier molecular flexibility index (Phi) is 6.51. The highest BCUT2D eigenvalue weighted by molar-refractivity contribution is 9.10. The van der Waals surface area contributed by atoms with Crippen LogP contribution in [0.15, 0.2) is 39.3 Å². The van der Waals surface area contributed by atoms with Gasteiger partial charge < -0.3 is 20.1 Å². The predicted octanol–water partition coefficient (Wildman–Crippen LogP) is 1.23. The van der Waals surface area contributed by atoms with E-state index in [2.05, 4.69) is 31.7 Å². The highest BCUT2D eigenvalue weighted by Crippen LogP contribution is 2.13.